The molecule has 110 valence electrons. The van der Waals surface area contributed by atoms with Crippen LogP contribution < -0.4 is 5.32 Å². The molecule has 1 rings (SSSR count). The van der Waals surface area contributed by atoms with Crippen molar-refractivity contribution in [3.05, 3.63) is 40.3 Å². The Morgan fingerprint density at radius 2 is 2.05 bits per heavy atom. The van der Waals surface area contributed by atoms with Crippen molar-refractivity contribution in [1.29, 1.82) is 5.26 Å². The number of carbonyl (C=O) groups excluding carboxylic acids is 2. The molecule has 0 radical (unpaired) electrons. The van der Waals surface area contributed by atoms with Crippen molar-refractivity contribution in [2.45, 2.75) is 0 Å². The number of esters is 2. The van der Waals surface area contributed by atoms with Crippen molar-refractivity contribution >= 4 is 29.2 Å². The highest BCUT2D eigenvalue weighted by Gasteiger charge is 2.17. The van der Waals surface area contributed by atoms with E-state index in [-0.39, 0.29) is 16.4 Å². The molecule has 0 unspecified atom stereocenters. The van der Waals surface area contributed by atoms with Crippen LogP contribution >= 0.6 is 11.6 Å². The van der Waals surface area contributed by atoms with Crippen molar-refractivity contribution in [3.63, 3.8) is 0 Å². The van der Waals surface area contributed by atoms with Crippen molar-refractivity contribution in [2.24, 2.45) is 0 Å². The van der Waals surface area contributed by atoms with Gasteiger partial charge in [-0.15, -0.1) is 0 Å². The Balaban J connectivity index is 3.26. The molecule has 1 N–H and O–H groups in total. The second-order valence-electron chi connectivity index (χ2n) is 3.59. The van der Waals surface area contributed by atoms with Crippen LogP contribution in [0.3, 0.4) is 0 Å². The maximum Gasteiger partial charge on any atom is 0.354 e. The Hall–Kier alpha value is -2.59. The molecule has 0 spiro atoms. The number of benzene rings is 1. The molecule has 0 atom stereocenters. The van der Waals surface area contributed by atoms with Gasteiger partial charge in [-0.05, 0) is 12.1 Å². The number of anilines is 1. The summed E-state index contributed by atoms with van der Waals surface area (Å²) in [6.07, 6.45) is 0.819. The average molecular weight is 313 g/mol. The molecule has 0 heterocycles. The molecule has 0 bridgehead atoms. The summed E-state index contributed by atoms with van der Waals surface area (Å²) >= 11 is 5.56. The number of nitriles is 1. The van der Waals surface area contributed by atoms with Gasteiger partial charge in [0.1, 0.15) is 17.3 Å². The van der Waals surface area contributed by atoms with Gasteiger partial charge in [-0.3, -0.25) is 0 Å². The number of rotatable bonds is 4. The molecule has 1 aromatic rings. The number of hydrogen-bond acceptors (Lipinski definition) is 6. The molecule has 0 aliphatic carbocycles. The minimum Gasteiger partial charge on any atom is -0.466 e. The van der Waals surface area contributed by atoms with Crippen LogP contribution in [0.1, 0.15) is 5.56 Å². The average Bonchev–Trinajstić information content (AvgIpc) is 2.49. The third kappa shape index (κ3) is 3.94. The standard InChI is InChI=1S/C13H10ClFN2O4/c1-20-11(18)5-10(13(19)21-2)17-9-4-3-8(14)12(15)7(9)6-16/h3-5,17H,1-2H3/b10-5+. The van der Waals surface area contributed by atoms with Crippen LogP contribution in [-0.2, 0) is 19.1 Å². The summed E-state index contributed by atoms with van der Waals surface area (Å²) in [5.41, 5.74) is -0.760. The van der Waals surface area contributed by atoms with E-state index in [0.717, 1.165) is 20.3 Å². The first-order chi connectivity index (χ1) is 9.94. The van der Waals surface area contributed by atoms with E-state index in [1.54, 1.807) is 6.07 Å². The highest BCUT2D eigenvalue weighted by molar-refractivity contribution is 6.31. The van der Waals surface area contributed by atoms with E-state index in [1.165, 1.54) is 12.1 Å². The molecule has 0 aromatic heterocycles. The third-order valence-electron chi connectivity index (χ3n) is 2.34. The van der Waals surface area contributed by atoms with Gasteiger partial charge < -0.3 is 14.8 Å². The van der Waals surface area contributed by atoms with Gasteiger partial charge in [-0.2, -0.15) is 5.26 Å². The number of nitrogens with one attached hydrogen (secondary N) is 1. The van der Waals surface area contributed by atoms with Crippen LogP contribution in [0.15, 0.2) is 23.9 Å². The SMILES string of the molecule is COC(=O)/C=C(/Nc1ccc(Cl)c(F)c1C#N)C(=O)OC. The minimum absolute atomic E-state index is 0.0417. The summed E-state index contributed by atoms with van der Waals surface area (Å²) < 4.78 is 22.6. The normalized spacial score (nSPS) is 10.5. The molecule has 8 heteroatoms. The molecule has 0 saturated carbocycles. The van der Waals surface area contributed by atoms with E-state index in [4.69, 9.17) is 16.9 Å². The van der Waals surface area contributed by atoms with Gasteiger partial charge in [-0.25, -0.2) is 14.0 Å². The van der Waals surface area contributed by atoms with Gasteiger partial charge in [0.25, 0.3) is 0 Å². The molecule has 6 nitrogen and oxygen atoms in total. The van der Waals surface area contributed by atoms with Gasteiger partial charge in [0.15, 0.2) is 5.82 Å². The smallest absolute Gasteiger partial charge is 0.354 e. The van der Waals surface area contributed by atoms with E-state index in [9.17, 15) is 14.0 Å². The molecule has 0 saturated heterocycles. The number of methoxy groups -OCH3 is 2. The maximum absolute atomic E-state index is 13.7. The lowest BCUT2D eigenvalue weighted by atomic mass is 10.1. The first-order valence-corrected chi connectivity index (χ1v) is 5.85. The van der Waals surface area contributed by atoms with Crippen LogP contribution in [-0.4, -0.2) is 26.2 Å². The number of ether oxygens (including phenoxy) is 2. The zero-order valence-electron chi connectivity index (χ0n) is 11.1. The van der Waals surface area contributed by atoms with E-state index in [0.29, 0.717) is 0 Å². The van der Waals surface area contributed by atoms with E-state index in [2.05, 4.69) is 14.8 Å². The first kappa shape index (κ1) is 16.5. The maximum atomic E-state index is 13.7. The van der Waals surface area contributed by atoms with Crippen LogP contribution in [0.5, 0.6) is 0 Å². The Labute approximate surface area is 124 Å². The second kappa shape index (κ2) is 7.26. The van der Waals surface area contributed by atoms with E-state index >= 15 is 0 Å². The lowest BCUT2D eigenvalue weighted by Crippen LogP contribution is -2.16. The van der Waals surface area contributed by atoms with E-state index in [1.807, 2.05) is 0 Å². The summed E-state index contributed by atoms with van der Waals surface area (Å²) in [6.45, 7) is 0. The minimum atomic E-state index is -0.938. The molecule has 0 aliphatic heterocycles. The van der Waals surface area contributed by atoms with Crippen LogP contribution in [0, 0.1) is 17.1 Å². The van der Waals surface area contributed by atoms with Crippen LogP contribution in [0.25, 0.3) is 0 Å². The zero-order chi connectivity index (χ0) is 16.0. The fourth-order valence-electron chi connectivity index (χ4n) is 1.34. The molecular weight excluding hydrogens is 303 g/mol. The lowest BCUT2D eigenvalue weighted by molar-refractivity contribution is -0.138. The monoisotopic (exact) mass is 312 g/mol. The zero-order valence-corrected chi connectivity index (χ0v) is 11.8. The molecule has 0 aliphatic rings. The topological polar surface area (TPSA) is 88.4 Å². The van der Waals surface area contributed by atoms with Gasteiger partial charge >= 0.3 is 11.9 Å². The fraction of sp³-hybridized carbons (Fsp3) is 0.154. The summed E-state index contributed by atoms with van der Waals surface area (Å²) in [6, 6.07) is 4.11. The van der Waals surface area contributed by atoms with Gasteiger partial charge in [0.05, 0.1) is 31.0 Å². The van der Waals surface area contributed by atoms with Gasteiger partial charge in [-0.1, -0.05) is 11.6 Å². The van der Waals surface area contributed by atoms with Gasteiger partial charge in [0.2, 0.25) is 0 Å². The number of hydrogen-bond donors (Lipinski definition) is 1. The predicted octanol–water partition coefficient (Wildman–Crippen LogP) is 1.99. The molecule has 1 aromatic carbocycles. The number of nitrogens with zero attached hydrogens (tertiary/aromatic N) is 1. The summed E-state index contributed by atoms with van der Waals surface area (Å²) in [5.74, 6) is -2.65. The van der Waals surface area contributed by atoms with Crippen molar-refractivity contribution in [2.75, 3.05) is 19.5 Å². The van der Waals surface area contributed by atoms with E-state index < -0.39 is 23.3 Å². The first-order valence-electron chi connectivity index (χ1n) is 5.47. The summed E-state index contributed by atoms with van der Waals surface area (Å²) in [7, 11) is 2.22. The highest BCUT2D eigenvalue weighted by atomic mass is 35.5. The second-order valence-corrected chi connectivity index (χ2v) is 4.00. The Morgan fingerprint density at radius 3 is 2.57 bits per heavy atom. The van der Waals surface area contributed by atoms with Crippen molar-refractivity contribution in [3.8, 4) is 6.07 Å². The summed E-state index contributed by atoms with van der Waals surface area (Å²) in [4.78, 5) is 22.8. The third-order valence-corrected chi connectivity index (χ3v) is 2.64. The lowest BCUT2D eigenvalue weighted by Gasteiger charge is -2.11. The summed E-state index contributed by atoms with van der Waals surface area (Å²) in [5, 5.41) is 11.1. The molecular formula is C13H10ClFN2O4. The van der Waals surface area contributed by atoms with Crippen molar-refractivity contribution < 1.29 is 23.5 Å². The molecule has 21 heavy (non-hydrogen) atoms. The largest absolute Gasteiger partial charge is 0.466 e. The Kier molecular flexibility index (Phi) is 5.69. The molecule has 0 amide bonds. The Bertz CT molecular complexity index is 652. The highest BCUT2D eigenvalue weighted by Crippen LogP contribution is 2.26. The van der Waals surface area contributed by atoms with Crippen molar-refractivity contribution in [1.82, 2.24) is 0 Å². The predicted molar refractivity (Wildman–Crippen MR) is 71.9 cm³/mol. The van der Waals surface area contributed by atoms with Crippen LogP contribution in [0.2, 0.25) is 5.02 Å². The fourth-order valence-corrected chi connectivity index (χ4v) is 1.50. The Morgan fingerprint density at radius 1 is 1.38 bits per heavy atom. The number of carbonyl (C=O) groups is 2. The quantitative estimate of drug-likeness (QED) is 0.675. The van der Waals surface area contributed by atoms with Crippen LogP contribution in [0.4, 0.5) is 10.1 Å². The van der Waals surface area contributed by atoms with Gasteiger partial charge in [0, 0.05) is 0 Å². The molecule has 0 fully saturated rings. The number of halogens is 2.